The van der Waals surface area contributed by atoms with Gasteiger partial charge in [0.25, 0.3) is 0 Å². The van der Waals surface area contributed by atoms with E-state index >= 15 is 0 Å². The molecule has 1 N–H and O–H groups in total. The number of nitrogens with one attached hydrogen (secondary N) is 1. The summed E-state index contributed by atoms with van der Waals surface area (Å²) < 4.78 is 5.53. The Morgan fingerprint density at radius 2 is 1.90 bits per heavy atom. The highest BCUT2D eigenvalue weighted by atomic mass is 16.5. The Hall–Kier alpha value is -2.10. The average molecular weight is 285 g/mol. The van der Waals surface area contributed by atoms with Gasteiger partial charge in [-0.1, -0.05) is 44.2 Å². The van der Waals surface area contributed by atoms with Gasteiger partial charge >= 0.3 is 0 Å². The van der Waals surface area contributed by atoms with Gasteiger partial charge in [0.1, 0.15) is 11.6 Å². The standard InChI is InChI=1S/C17H23N3O/c1-4-21-17-11-15(19-16(20-17)10-13(2)3)18-12-14-8-6-5-7-9-14/h5-9,11,13H,4,10,12H2,1-3H3,(H,18,19,20). The molecule has 0 aliphatic rings. The summed E-state index contributed by atoms with van der Waals surface area (Å²) in [5, 5.41) is 3.34. The van der Waals surface area contributed by atoms with Crippen molar-refractivity contribution in [2.45, 2.75) is 33.7 Å². The van der Waals surface area contributed by atoms with Crippen molar-refractivity contribution in [1.82, 2.24) is 9.97 Å². The molecule has 0 saturated carbocycles. The molecule has 0 aliphatic heterocycles. The molecule has 1 heterocycles. The second-order valence-corrected chi connectivity index (χ2v) is 5.38. The molecular formula is C17H23N3O. The minimum Gasteiger partial charge on any atom is -0.478 e. The van der Waals surface area contributed by atoms with E-state index in [0.717, 1.165) is 24.6 Å². The van der Waals surface area contributed by atoms with Crippen LogP contribution in [0, 0.1) is 5.92 Å². The third-order valence-electron chi connectivity index (χ3n) is 2.95. The van der Waals surface area contributed by atoms with Crippen LogP contribution >= 0.6 is 0 Å². The van der Waals surface area contributed by atoms with Crippen molar-refractivity contribution in [2.24, 2.45) is 5.92 Å². The molecule has 0 spiro atoms. The maximum absolute atomic E-state index is 5.53. The number of hydrogen-bond acceptors (Lipinski definition) is 4. The highest BCUT2D eigenvalue weighted by molar-refractivity contribution is 5.39. The monoisotopic (exact) mass is 285 g/mol. The fourth-order valence-corrected chi connectivity index (χ4v) is 2.03. The van der Waals surface area contributed by atoms with Crippen LogP contribution in [-0.4, -0.2) is 16.6 Å². The number of aromatic nitrogens is 2. The zero-order valence-electron chi connectivity index (χ0n) is 13.0. The summed E-state index contributed by atoms with van der Waals surface area (Å²) in [6.45, 7) is 7.63. The Balaban J connectivity index is 2.11. The molecule has 112 valence electrons. The van der Waals surface area contributed by atoms with E-state index in [4.69, 9.17) is 4.74 Å². The third-order valence-corrected chi connectivity index (χ3v) is 2.95. The van der Waals surface area contributed by atoms with E-state index in [9.17, 15) is 0 Å². The maximum Gasteiger partial charge on any atom is 0.218 e. The van der Waals surface area contributed by atoms with Gasteiger partial charge in [0.05, 0.1) is 6.61 Å². The number of benzene rings is 1. The summed E-state index contributed by atoms with van der Waals surface area (Å²) in [6, 6.07) is 12.1. The molecule has 0 unspecified atom stereocenters. The van der Waals surface area contributed by atoms with Gasteiger partial charge in [0.15, 0.2) is 0 Å². The van der Waals surface area contributed by atoms with Crippen molar-refractivity contribution >= 4 is 5.82 Å². The van der Waals surface area contributed by atoms with Crippen molar-refractivity contribution in [3.63, 3.8) is 0 Å². The first kappa shape index (κ1) is 15.3. The molecule has 0 atom stereocenters. The lowest BCUT2D eigenvalue weighted by Crippen LogP contribution is -2.08. The molecule has 1 aromatic carbocycles. The lowest BCUT2D eigenvalue weighted by atomic mass is 10.1. The van der Waals surface area contributed by atoms with Crippen LogP contribution in [0.2, 0.25) is 0 Å². The minimum absolute atomic E-state index is 0.517. The summed E-state index contributed by atoms with van der Waals surface area (Å²) >= 11 is 0. The number of ether oxygens (including phenoxy) is 1. The summed E-state index contributed by atoms with van der Waals surface area (Å²) in [4.78, 5) is 9.01. The van der Waals surface area contributed by atoms with Gasteiger partial charge < -0.3 is 10.1 Å². The van der Waals surface area contributed by atoms with Crippen LogP contribution in [0.1, 0.15) is 32.2 Å². The highest BCUT2D eigenvalue weighted by Crippen LogP contribution is 2.16. The van der Waals surface area contributed by atoms with Gasteiger partial charge in [-0.05, 0) is 18.4 Å². The van der Waals surface area contributed by atoms with E-state index in [0.29, 0.717) is 18.4 Å². The Kier molecular flexibility index (Phi) is 5.55. The maximum atomic E-state index is 5.53. The quantitative estimate of drug-likeness (QED) is 0.843. The lowest BCUT2D eigenvalue weighted by molar-refractivity contribution is 0.324. The smallest absolute Gasteiger partial charge is 0.218 e. The Morgan fingerprint density at radius 3 is 2.57 bits per heavy atom. The van der Waals surface area contributed by atoms with Crippen molar-refractivity contribution in [2.75, 3.05) is 11.9 Å². The topological polar surface area (TPSA) is 47.0 Å². The second kappa shape index (κ2) is 7.62. The number of rotatable bonds is 7. The number of nitrogens with zero attached hydrogens (tertiary/aromatic N) is 2. The van der Waals surface area contributed by atoms with Crippen LogP contribution in [0.15, 0.2) is 36.4 Å². The van der Waals surface area contributed by atoms with Crippen LogP contribution in [0.3, 0.4) is 0 Å². The van der Waals surface area contributed by atoms with Gasteiger partial charge in [0.2, 0.25) is 5.88 Å². The predicted octanol–water partition coefficient (Wildman–Crippen LogP) is 3.69. The molecule has 0 radical (unpaired) electrons. The molecule has 0 aliphatic carbocycles. The summed E-state index contributed by atoms with van der Waals surface area (Å²) in [5.74, 6) is 2.79. The molecule has 21 heavy (non-hydrogen) atoms. The molecule has 2 aromatic rings. The molecule has 4 heteroatoms. The fourth-order valence-electron chi connectivity index (χ4n) is 2.03. The molecular weight excluding hydrogens is 262 g/mol. The predicted molar refractivity (Wildman–Crippen MR) is 85.5 cm³/mol. The van der Waals surface area contributed by atoms with E-state index in [1.54, 1.807) is 0 Å². The number of anilines is 1. The molecule has 4 nitrogen and oxygen atoms in total. The molecule has 1 aromatic heterocycles. The third kappa shape index (κ3) is 5.06. The fraction of sp³-hybridized carbons (Fsp3) is 0.412. The molecule has 0 bridgehead atoms. The van der Waals surface area contributed by atoms with Gasteiger partial charge in [-0.2, -0.15) is 4.98 Å². The average Bonchev–Trinajstić information content (AvgIpc) is 2.46. The van der Waals surface area contributed by atoms with Crippen LogP contribution in [0.4, 0.5) is 5.82 Å². The van der Waals surface area contributed by atoms with Gasteiger partial charge in [0, 0.05) is 19.0 Å². The molecule has 0 saturated heterocycles. The first-order chi connectivity index (χ1) is 10.2. The zero-order chi connectivity index (χ0) is 15.1. The van der Waals surface area contributed by atoms with Crippen LogP contribution in [0.5, 0.6) is 5.88 Å². The second-order valence-electron chi connectivity index (χ2n) is 5.38. The normalized spacial score (nSPS) is 10.7. The molecule has 2 rings (SSSR count). The summed E-state index contributed by atoms with van der Waals surface area (Å²) in [5.41, 5.74) is 1.22. The van der Waals surface area contributed by atoms with Crippen molar-refractivity contribution in [3.05, 3.63) is 47.8 Å². The summed E-state index contributed by atoms with van der Waals surface area (Å²) in [6.07, 6.45) is 0.848. The summed E-state index contributed by atoms with van der Waals surface area (Å²) in [7, 11) is 0. The lowest BCUT2D eigenvalue weighted by Gasteiger charge is -2.11. The van der Waals surface area contributed by atoms with E-state index in [2.05, 4.69) is 41.3 Å². The zero-order valence-corrected chi connectivity index (χ0v) is 13.0. The molecule has 0 amide bonds. The Morgan fingerprint density at radius 1 is 1.14 bits per heavy atom. The van der Waals surface area contributed by atoms with Crippen molar-refractivity contribution in [3.8, 4) is 5.88 Å². The minimum atomic E-state index is 0.517. The van der Waals surface area contributed by atoms with E-state index in [1.165, 1.54) is 5.56 Å². The SMILES string of the molecule is CCOc1cc(NCc2ccccc2)nc(CC(C)C)n1. The number of hydrogen-bond donors (Lipinski definition) is 1. The van der Waals surface area contributed by atoms with Crippen molar-refractivity contribution in [1.29, 1.82) is 0 Å². The first-order valence-corrected chi connectivity index (χ1v) is 7.46. The van der Waals surface area contributed by atoms with Crippen LogP contribution in [-0.2, 0) is 13.0 Å². The largest absolute Gasteiger partial charge is 0.478 e. The Labute approximate surface area is 126 Å². The van der Waals surface area contributed by atoms with E-state index in [1.807, 2.05) is 31.2 Å². The van der Waals surface area contributed by atoms with E-state index < -0.39 is 0 Å². The van der Waals surface area contributed by atoms with Crippen LogP contribution in [0.25, 0.3) is 0 Å². The van der Waals surface area contributed by atoms with Crippen LogP contribution < -0.4 is 10.1 Å². The highest BCUT2D eigenvalue weighted by Gasteiger charge is 2.07. The van der Waals surface area contributed by atoms with Gasteiger partial charge in [-0.3, -0.25) is 0 Å². The van der Waals surface area contributed by atoms with Gasteiger partial charge in [-0.15, -0.1) is 0 Å². The Bertz CT molecular complexity index is 555. The first-order valence-electron chi connectivity index (χ1n) is 7.46. The van der Waals surface area contributed by atoms with Gasteiger partial charge in [-0.25, -0.2) is 4.98 Å². The van der Waals surface area contributed by atoms with Crippen molar-refractivity contribution < 1.29 is 4.74 Å². The van der Waals surface area contributed by atoms with E-state index in [-0.39, 0.29) is 0 Å². The molecule has 0 fully saturated rings.